The number of hydrogen-bond donors (Lipinski definition) is 0. The number of carbonyl (C=O) groups is 1. The Balaban J connectivity index is 2.07. The lowest BCUT2D eigenvalue weighted by Gasteiger charge is -2.10. The number of rotatable bonds is 3. The van der Waals surface area contributed by atoms with Crippen LogP contribution in [0.1, 0.15) is 10.4 Å². The Morgan fingerprint density at radius 3 is 2.69 bits per heavy atom. The minimum atomic E-state index is -0.546. The highest BCUT2D eigenvalue weighted by molar-refractivity contribution is 6.07. The topological polar surface area (TPSA) is 82.6 Å². The zero-order chi connectivity index (χ0) is 18.3. The molecular weight excluding hydrogens is 334 g/mol. The maximum Gasteiger partial charge on any atom is 0.337 e. The van der Waals surface area contributed by atoms with Gasteiger partial charge < -0.3 is 9.15 Å². The van der Waals surface area contributed by atoms with Gasteiger partial charge in [-0.3, -0.25) is 10.1 Å². The summed E-state index contributed by atoms with van der Waals surface area (Å²) in [5, 5.41) is 13.4. The van der Waals surface area contributed by atoms with Crippen molar-refractivity contribution in [1.82, 2.24) is 0 Å². The van der Waals surface area contributed by atoms with E-state index < -0.39 is 10.9 Å². The van der Waals surface area contributed by atoms with E-state index in [-0.39, 0.29) is 11.3 Å². The van der Waals surface area contributed by atoms with E-state index >= 15 is 0 Å². The number of hydrogen-bond acceptors (Lipinski definition) is 5. The zero-order valence-corrected chi connectivity index (χ0v) is 13.8. The molecule has 0 bridgehead atoms. The first-order valence-electron chi connectivity index (χ1n) is 7.85. The van der Waals surface area contributed by atoms with Gasteiger partial charge in [0.05, 0.1) is 29.2 Å². The highest BCUT2D eigenvalue weighted by Crippen LogP contribution is 2.36. The number of nitro groups is 1. The monoisotopic (exact) mass is 347 g/mol. The maximum absolute atomic E-state index is 12.1. The molecule has 0 saturated carbocycles. The van der Waals surface area contributed by atoms with Crippen LogP contribution < -0.4 is 0 Å². The third kappa shape index (κ3) is 2.48. The summed E-state index contributed by atoms with van der Waals surface area (Å²) in [7, 11) is 1.28. The van der Waals surface area contributed by atoms with Crippen molar-refractivity contribution >= 4 is 33.4 Å². The van der Waals surface area contributed by atoms with Gasteiger partial charge in [-0.05, 0) is 46.8 Å². The Morgan fingerprint density at radius 2 is 1.92 bits per heavy atom. The molecule has 0 aliphatic carbocycles. The number of carbonyl (C=O) groups excluding carboxylic acids is 1. The van der Waals surface area contributed by atoms with Crippen LogP contribution in [0.2, 0.25) is 0 Å². The lowest BCUT2D eigenvalue weighted by Crippen LogP contribution is -2.02. The molecule has 1 aromatic heterocycles. The summed E-state index contributed by atoms with van der Waals surface area (Å²) in [6.45, 7) is 0. The van der Waals surface area contributed by atoms with Crippen LogP contribution in [0.25, 0.3) is 32.9 Å². The summed E-state index contributed by atoms with van der Waals surface area (Å²) in [5.74, 6) is -0.546. The molecule has 0 unspecified atom stereocenters. The second-order valence-corrected chi connectivity index (χ2v) is 5.82. The van der Waals surface area contributed by atoms with Gasteiger partial charge in [-0.1, -0.05) is 18.2 Å². The Bertz CT molecular complexity index is 1180. The van der Waals surface area contributed by atoms with Gasteiger partial charge in [0.15, 0.2) is 0 Å². The number of furan rings is 1. The molecule has 0 radical (unpaired) electrons. The van der Waals surface area contributed by atoms with Crippen LogP contribution in [-0.4, -0.2) is 18.0 Å². The van der Waals surface area contributed by atoms with E-state index in [1.165, 1.54) is 19.2 Å². The normalized spacial score (nSPS) is 11.0. The highest BCUT2D eigenvalue weighted by atomic mass is 16.6. The van der Waals surface area contributed by atoms with Crippen molar-refractivity contribution in [2.75, 3.05) is 7.11 Å². The highest BCUT2D eigenvalue weighted by Gasteiger charge is 2.18. The minimum Gasteiger partial charge on any atom is -0.465 e. The fourth-order valence-corrected chi connectivity index (χ4v) is 3.14. The number of non-ortho nitro benzene ring substituents is 1. The summed E-state index contributed by atoms with van der Waals surface area (Å²) >= 11 is 0. The van der Waals surface area contributed by atoms with Crippen LogP contribution in [0.4, 0.5) is 5.69 Å². The Labute approximate surface area is 147 Å². The van der Waals surface area contributed by atoms with Crippen molar-refractivity contribution in [3.05, 3.63) is 76.5 Å². The van der Waals surface area contributed by atoms with Gasteiger partial charge in [-0.15, -0.1) is 0 Å². The minimum absolute atomic E-state index is 0.0566. The predicted octanol–water partition coefficient (Wildman–Crippen LogP) is 4.95. The van der Waals surface area contributed by atoms with Crippen LogP contribution >= 0.6 is 0 Å². The molecule has 4 aromatic rings. The van der Waals surface area contributed by atoms with E-state index in [2.05, 4.69) is 0 Å². The third-order valence-corrected chi connectivity index (χ3v) is 4.35. The molecule has 0 amide bonds. The summed E-state index contributed by atoms with van der Waals surface area (Å²) in [4.78, 5) is 23.1. The largest absolute Gasteiger partial charge is 0.465 e. The van der Waals surface area contributed by atoms with E-state index in [1.807, 2.05) is 24.3 Å². The number of benzene rings is 3. The molecule has 4 rings (SSSR count). The molecule has 6 nitrogen and oxygen atoms in total. The van der Waals surface area contributed by atoms with Gasteiger partial charge in [0, 0.05) is 11.5 Å². The second-order valence-electron chi connectivity index (χ2n) is 5.82. The molecule has 26 heavy (non-hydrogen) atoms. The van der Waals surface area contributed by atoms with E-state index in [0.29, 0.717) is 10.8 Å². The summed E-state index contributed by atoms with van der Waals surface area (Å²) in [6.07, 6.45) is 1.60. The summed E-state index contributed by atoms with van der Waals surface area (Å²) in [5.41, 5.74) is 2.49. The van der Waals surface area contributed by atoms with Crippen molar-refractivity contribution in [3.8, 4) is 11.1 Å². The van der Waals surface area contributed by atoms with Gasteiger partial charge in [0.2, 0.25) is 0 Å². The molecule has 0 spiro atoms. The van der Waals surface area contributed by atoms with Crippen LogP contribution in [-0.2, 0) is 4.74 Å². The van der Waals surface area contributed by atoms with Gasteiger partial charge in [-0.25, -0.2) is 4.79 Å². The lowest BCUT2D eigenvalue weighted by atomic mass is 9.94. The van der Waals surface area contributed by atoms with E-state index in [4.69, 9.17) is 9.15 Å². The summed E-state index contributed by atoms with van der Waals surface area (Å²) in [6, 6.07) is 15.5. The number of esters is 1. The van der Waals surface area contributed by atoms with E-state index in [0.717, 1.165) is 22.1 Å². The van der Waals surface area contributed by atoms with Crippen molar-refractivity contribution in [2.45, 2.75) is 0 Å². The van der Waals surface area contributed by atoms with E-state index in [9.17, 15) is 14.9 Å². The molecule has 0 aliphatic rings. The molecule has 0 atom stereocenters. The maximum atomic E-state index is 12.1. The molecule has 6 heteroatoms. The Morgan fingerprint density at radius 1 is 1.08 bits per heavy atom. The number of methoxy groups -OCH3 is 1. The average molecular weight is 347 g/mol. The van der Waals surface area contributed by atoms with Crippen molar-refractivity contribution in [2.24, 2.45) is 0 Å². The first-order valence-corrected chi connectivity index (χ1v) is 7.85. The predicted molar refractivity (Wildman–Crippen MR) is 97.1 cm³/mol. The quantitative estimate of drug-likeness (QED) is 0.297. The average Bonchev–Trinajstić information content (AvgIpc) is 3.13. The molecule has 128 valence electrons. The first-order chi connectivity index (χ1) is 12.6. The smallest absolute Gasteiger partial charge is 0.337 e. The van der Waals surface area contributed by atoms with Gasteiger partial charge >= 0.3 is 5.97 Å². The fourth-order valence-electron chi connectivity index (χ4n) is 3.14. The third-order valence-electron chi connectivity index (χ3n) is 4.35. The molecule has 0 saturated heterocycles. The number of ether oxygens (including phenoxy) is 1. The van der Waals surface area contributed by atoms with E-state index in [1.54, 1.807) is 24.5 Å². The van der Waals surface area contributed by atoms with Crippen molar-refractivity contribution in [1.29, 1.82) is 0 Å². The number of nitro benzene ring substituents is 1. The number of nitrogens with zero attached hydrogens (tertiary/aromatic N) is 1. The Hall–Kier alpha value is -3.67. The fraction of sp³-hybridized carbons (Fsp3) is 0.0500. The van der Waals surface area contributed by atoms with Crippen molar-refractivity contribution in [3.63, 3.8) is 0 Å². The van der Waals surface area contributed by atoms with Gasteiger partial charge in [-0.2, -0.15) is 0 Å². The molecule has 0 aliphatic heterocycles. The van der Waals surface area contributed by atoms with Gasteiger partial charge in [0.25, 0.3) is 5.69 Å². The standard InChI is InChI=1S/C20H13NO5/c1-25-20(22)14-10-16(12-5-6-19-13(9-12)7-8-26-19)15-3-2-4-18(21(23)24)17(15)11-14/h2-11H,1H3. The zero-order valence-electron chi connectivity index (χ0n) is 13.8. The second kappa shape index (κ2) is 6.00. The number of fused-ring (bicyclic) bond motifs is 2. The summed E-state index contributed by atoms with van der Waals surface area (Å²) < 4.78 is 10.2. The lowest BCUT2D eigenvalue weighted by molar-refractivity contribution is -0.383. The molecular formula is C20H13NO5. The first kappa shape index (κ1) is 15.8. The molecule has 3 aromatic carbocycles. The van der Waals surface area contributed by atoms with Crippen LogP contribution in [0.15, 0.2) is 65.3 Å². The molecule has 0 N–H and O–H groups in total. The molecule has 1 heterocycles. The van der Waals surface area contributed by atoms with Crippen LogP contribution in [0.3, 0.4) is 0 Å². The van der Waals surface area contributed by atoms with Crippen molar-refractivity contribution < 1.29 is 18.9 Å². The van der Waals surface area contributed by atoms with Gasteiger partial charge in [0.1, 0.15) is 5.58 Å². The SMILES string of the molecule is COC(=O)c1cc(-c2ccc3occc3c2)c2cccc([N+](=O)[O-])c2c1. The Kier molecular flexibility index (Phi) is 3.65. The van der Waals surface area contributed by atoms with Crippen LogP contribution in [0, 0.1) is 10.1 Å². The molecule has 0 fully saturated rings. The van der Waals surface area contributed by atoms with Crippen LogP contribution in [0.5, 0.6) is 0 Å².